The lowest BCUT2D eigenvalue weighted by Crippen LogP contribution is -2.46. The Labute approximate surface area is 130 Å². The monoisotopic (exact) mass is 298 g/mol. The second kappa shape index (κ2) is 6.68. The van der Waals surface area contributed by atoms with E-state index in [0.29, 0.717) is 6.61 Å². The number of esters is 1. The maximum absolute atomic E-state index is 12.9. The van der Waals surface area contributed by atoms with E-state index in [1.807, 2.05) is 0 Å². The van der Waals surface area contributed by atoms with E-state index in [2.05, 4.69) is 48.5 Å². The van der Waals surface area contributed by atoms with Gasteiger partial charge in [-0.1, -0.05) is 48.0 Å². The van der Waals surface area contributed by atoms with Gasteiger partial charge in [0.2, 0.25) is 6.29 Å². The Morgan fingerprint density at radius 1 is 1.14 bits per heavy atom. The van der Waals surface area contributed by atoms with Crippen LogP contribution in [0.2, 0.25) is 0 Å². The standard InChI is InChI=1S/C18H34O3/c1-8-17(5,6)13-18(7,16(2,3)4)15(19)21-14-11-9-10-12-20-14/h14H,8-13H2,1-7H3. The molecule has 1 heterocycles. The molecule has 3 heteroatoms. The first-order chi connectivity index (χ1) is 9.52. The molecule has 124 valence electrons. The third-order valence-corrected chi connectivity index (χ3v) is 5.27. The molecule has 1 fully saturated rings. The molecule has 0 aromatic rings. The molecule has 0 aromatic carbocycles. The average molecular weight is 298 g/mol. The summed E-state index contributed by atoms with van der Waals surface area (Å²) in [5.74, 6) is -0.108. The maximum Gasteiger partial charge on any atom is 0.314 e. The van der Waals surface area contributed by atoms with E-state index in [9.17, 15) is 4.79 Å². The van der Waals surface area contributed by atoms with Gasteiger partial charge in [0.05, 0.1) is 12.0 Å². The summed E-state index contributed by atoms with van der Waals surface area (Å²) >= 11 is 0. The molecule has 0 spiro atoms. The molecular formula is C18H34O3. The quantitative estimate of drug-likeness (QED) is 0.675. The molecule has 0 N–H and O–H groups in total. The van der Waals surface area contributed by atoms with E-state index in [-0.39, 0.29) is 23.1 Å². The molecule has 3 nitrogen and oxygen atoms in total. The number of carbonyl (C=O) groups is 1. The first kappa shape index (κ1) is 18.5. The summed E-state index contributed by atoms with van der Waals surface area (Å²) in [5, 5.41) is 0. The number of hydrogen-bond donors (Lipinski definition) is 0. The third kappa shape index (κ3) is 4.70. The minimum absolute atomic E-state index is 0.108. The van der Waals surface area contributed by atoms with Crippen LogP contribution in [-0.4, -0.2) is 18.9 Å². The van der Waals surface area contributed by atoms with Crippen LogP contribution in [0.3, 0.4) is 0 Å². The summed E-state index contributed by atoms with van der Waals surface area (Å²) in [6.45, 7) is 15.8. The van der Waals surface area contributed by atoms with E-state index in [1.165, 1.54) is 0 Å². The van der Waals surface area contributed by atoms with Gasteiger partial charge in [-0.15, -0.1) is 0 Å². The van der Waals surface area contributed by atoms with Crippen molar-refractivity contribution in [1.29, 1.82) is 0 Å². The van der Waals surface area contributed by atoms with Gasteiger partial charge in [0.15, 0.2) is 0 Å². The van der Waals surface area contributed by atoms with E-state index in [0.717, 1.165) is 32.1 Å². The topological polar surface area (TPSA) is 35.5 Å². The van der Waals surface area contributed by atoms with Crippen molar-refractivity contribution in [1.82, 2.24) is 0 Å². The van der Waals surface area contributed by atoms with Crippen LogP contribution in [0.15, 0.2) is 0 Å². The first-order valence-corrected chi connectivity index (χ1v) is 8.34. The number of carbonyl (C=O) groups excluding carboxylic acids is 1. The Morgan fingerprint density at radius 3 is 2.19 bits per heavy atom. The number of hydrogen-bond acceptors (Lipinski definition) is 3. The molecule has 0 amide bonds. The van der Waals surface area contributed by atoms with Crippen LogP contribution in [0.4, 0.5) is 0 Å². The Bertz CT molecular complexity index is 348. The van der Waals surface area contributed by atoms with Crippen LogP contribution in [0.5, 0.6) is 0 Å². The minimum Gasteiger partial charge on any atom is -0.435 e. The molecule has 2 atom stereocenters. The van der Waals surface area contributed by atoms with E-state index in [4.69, 9.17) is 9.47 Å². The van der Waals surface area contributed by atoms with E-state index >= 15 is 0 Å². The van der Waals surface area contributed by atoms with Gasteiger partial charge in [0, 0.05) is 6.42 Å². The van der Waals surface area contributed by atoms with Crippen molar-refractivity contribution >= 4 is 5.97 Å². The molecule has 0 radical (unpaired) electrons. The second-order valence-electron chi connectivity index (χ2n) is 8.48. The first-order valence-electron chi connectivity index (χ1n) is 8.34. The largest absolute Gasteiger partial charge is 0.435 e. The Morgan fingerprint density at radius 2 is 1.76 bits per heavy atom. The van der Waals surface area contributed by atoms with Crippen molar-refractivity contribution in [2.75, 3.05) is 6.61 Å². The summed E-state index contributed by atoms with van der Waals surface area (Å²) in [6, 6.07) is 0. The van der Waals surface area contributed by atoms with Crippen LogP contribution in [-0.2, 0) is 14.3 Å². The van der Waals surface area contributed by atoms with Gasteiger partial charge in [-0.05, 0) is 37.0 Å². The molecule has 21 heavy (non-hydrogen) atoms. The minimum atomic E-state index is -0.507. The van der Waals surface area contributed by atoms with E-state index < -0.39 is 5.41 Å². The Kier molecular flexibility index (Phi) is 5.88. The lowest BCUT2D eigenvalue weighted by Gasteiger charge is -2.44. The molecule has 1 rings (SSSR count). The molecular weight excluding hydrogens is 264 g/mol. The molecule has 1 aliphatic rings. The van der Waals surface area contributed by atoms with Gasteiger partial charge < -0.3 is 9.47 Å². The highest BCUT2D eigenvalue weighted by atomic mass is 16.7. The summed E-state index contributed by atoms with van der Waals surface area (Å²) in [6.07, 6.45) is 4.48. The number of rotatable bonds is 5. The lowest BCUT2D eigenvalue weighted by atomic mass is 9.60. The SMILES string of the molecule is CCC(C)(C)CC(C)(C(=O)OC1CCCCO1)C(C)(C)C. The lowest BCUT2D eigenvalue weighted by molar-refractivity contribution is -0.204. The van der Waals surface area contributed by atoms with Crippen molar-refractivity contribution in [3.63, 3.8) is 0 Å². The molecule has 0 aliphatic carbocycles. The van der Waals surface area contributed by atoms with Crippen molar-refractivity contribution < 1.29 is 14.3 Å². The summed E-state index contributed by atoms with van der Waals surface area (Å²) in [5.41, 5.74) is -0.535. The van der Waals surface area contributed by atoms with Crippen LogP contribution in [0.1, 0.15) is 80.6 Å². The van der Waals surface area contributed by atoms with Crippen LogP contribution in [0, 0.1) is 16.2 Å². The highest BCUT2D eigenvalue weighted by Crippen LogP contribution is 2.48. The zero-order valence-corrected chi connectivity index (χ0v) is 15.0. The summed E-state index contributed by atoms with van der Waals surface area (Å²) < 4.78 is 11.3. The molecule has 0 saturated carbocycles. The highest BCUT2D eigenvalue weighted by Gasteiger charge is 2.49. The summed E-state index contributed by atoms with van der Waals surface area (Å²) in [7, 11) is 0. The Balaban J connectivity index is 2.88. The smallest absolute Gasteiger partial charge is 0.314 e. The van der Waals surface area contributed by atoms with Gasteiger partial charge >= 0.3 is 5.97 Å². The molecule has 0 bridgehead atoms. The zero-order chi connectivity index (χ0) is 16.3. The van der Waals surface area contributed by atoms with Gasteiger partial charge in [-0.3, -0.25) is 4.79 Å². The van der Waals surface area contributed by atoms with Gasteiger partial charge in [0.1, 0.15) is 0 Å². The summed E-state index contributed by atoms with van der Waals surface area (Å²) in [4.78, 5) is 12.9. The van der Waals surface area contributed by atoms with Crippen LogP contribution < -0.4 is 0 Å². The van der Waals surface area contributed by atoms with Crippen LogP contribution in [0.25, 0.3) is 0 Å². The maximum atomic E-state index is 12.9. The number of ether oxygens (including phenoxy) is 2. The van der Waals surface area contributed by atoms with Crippen LogP contribution >= 0.6 is 0 Å². The molecule has 0 aromatic heterocycles. The third-order valence-electron chi connectivity index (χ3n) is 5.27. The Hall–Kier alpha value is -0.570. The van der Waals surface area contributed by atoms with Crippen molar-refractivity contribution in [3.8, 4) is 0 Å². The van der Waals surface area contributed by atoms with Crippen molar-refractivity contribution in [3.05, 3.63) is 0 Å². The van der Waals surface area contributed by atoms with Crippen molar-refractivity contribution in [2.24, 2.45) is 16.2 Å². The fourth-order valence-corrected chi connectivity index (χ4v) is 2.78. The van der Waals surface area contributed by atoms with E-state index in [1.54, 1.807) is 0 Å². The molecule has 2 unspecified atom stereocenters. The predicted octanol–water partition coefficient (Wildman–Crippen LogP) is 4.93. The van der Waals surface area contributed by atoms with Gasteiger partial charge in [0.25, 0.3) is 0 Å². The average Bonchev–Trinajstić information content (AvgIpc) is 2.38. The fourth-order valence-electron chi connectivity index (χ4n) is 2.78. The predicted molar refractivity (Wildman–Crippen MR) is 85.9 cm³/mol. The van der Waals surface area contributed by atoms with Gasteiger partial charge in [-0.2, -0.15) is 0 Å². The second-order valence-corrected chi connectivity index (χ2v) is 8.48. The fraction of sp³-hybridized carbons (Fsp3) is 0.944. The van der Waals surface area contributed by atoms with Gasteiger partial charge in [-0.25, -0.2) is 0 Å². The highest BCUT2D eigenvalue weighted by molar-refractivity contribution is 5.77. The molecule has 1 aliphatic heterocycles. The molecule has 1 saturated heterocycles. The zero-order valence-electron chi connectivity index (χ0n) is 15.0. The normalized spacial score (nSPS) is 23.5. The van der Waals surface area contributed by atoms with Crippen molar-refractivity contribution in [2.45, 2.75) is 86.9 Å².